The number of rotatable bonds is 5. The predicted molar refractivity (Wildman–Crippen MR) is 102 cm³/mol. The largest absolute Gasteiger partial charge is 0.457 e. The number of hydrogen-bond donors (Lipinski definition) is 0. The molecule has 0 unspecified atom stereocenters. The Balaban J connectivity index is 1.47. The summed E-state index contributed by atoms with van der Waals surface area (Å²) in [6, 6.07) is 15.9. The van der Waals surface area contributed by atoms with Crippen molar-refractivity contribution < 1.29 is 23.9 Å². The molecule has 146 valence electrons. The summed E-state index contributed by atoms with van der Waals surface area (Å²) in [6.07, 6.45) is 0. The minimum atomic E-state index is -0.568. The Morgan fingerprint density at radius 3 is 2.00 bits per heavy atom. The van der Waals surface area contributed by atoms with E-state index in [9.17, 15) is 14.4 Å². The maximum atomic E-state index is 12.2. The molecule has 0 saturated carbocycles. The number of piperazine rings is 1. The Morgan fingerprint density at radius 2 is 1.39 bits per heavy atom. The number of para-hydroxylation sites is 1. The van der Waals surface area contributed by atoms with Crippen LogP contribution in [0.15, 0.2) is 54.6 Å². The quantitative estimate of drug-likeness (QED) is 0.742. The third-order valence-corrected chi connectivity index (χ3v) is 4.47. The van der Waals surface area contributed by atoms with Crippen LogP contribution in [0.4, 0.5) is 0 Å². The van der Waals surface area contributed by atoms with Crippen molar-refractivity contribution >= 4 is 17.8 Å². The molecular weight excluding hydrogens is 360 g/mol. The molecule has 7 nitrogen and oxygen atoms in total. The molecule has 0 aliphatic carbocycles. The summed E-state index contributed by atoms with van der Waals surface area (Å²) >= 11 is 0. The molecule has 2 aromatic rings. The van der Waals surface area contributed by atoms with Gasteiger partial charge in [-0.1, -0.05) is 18.2 Å². The van der Waals surface area contributed by atoms with E-state index in [2.05, 4.69) is 0 Å². The van der Waals surface area contributed by atoms with Crippen molar-refractivity contribution in [3.63, 3.8) is 0 Å². The van der Waals surface area contributed by atoms with E-state index in [4.69, 9.17) is 9.47 Å². The van der Waals surface area contributed by atoms with Gasteiger partial charge in [-0.15, -0.1) is 0 Å². The summed E-state index contributed by atoms with van der Waals surface area (Å²) in [5.74, 6) is 0.469. The molecule has 28 heavy (non-hydrogen) atoms. The van der Waals surface area contributed by atoms with Crippen molar-refractivity contribution in [1.29, 1.82) is 0 Å². The summed E-state index contributed by atoms with van der Waals surface area (Å²) in [6.45, 7) is 3.08. The van der Waals surface area contributed by atoms with Crippen LogP contribution >= 0.6 is 0 Å². The molecule has 0 atom stereocenters. The van der Waals surface area contributed by atoms with Gasteiger partial charge in [0.1, 0.15) is 11.5 Å². The first-order valence-corrected chi connectivity index (χ1v) is 9.06. The Kier molecular flexibility index (Phi) is 6.26. The van der Waals surface area contributed by atoms with Gasteiger partial charge in [-0.2, -0.15) is 0 Å². The van der Waals surface area contributed by atoms with Gasteiger partial charge in [0.05, 0.1) is 5.56 Å². The molecule has 1 heterocycles. The van der Waals surface area contributed by atoms with Gasteiger partial charge in [-0.25, -0.2) is 4.79 Å². The molecule has 0 bridgehead atoms. The molecule has 2 amide bonds. The highest BCUT2D eigenvalue weighted by Crippen LogP contribution is 2.21. The maximum Gasteiger partial charge on any atom is 0.338 e. The van der Waals surface area contributed by atoms with E-state index < -0.39 is 5.97 Å². The lowest BCUT2D eigenvalue weighted by molar-refractivity contribution is -0.140. The fourth-order valence-electron chi connectivity index (χ4n) is 2.86. The molecular formula is C21H22N2O5. The molecule has 2 aromatic carbocycles. The van der Waals surface area contributed by atoms with Crippen molar-refractivity contribution in [3.8, 4) is 11.5 Å². The van der Waals surface area contributed by atoms with Crippen LogP contribution in [0.3, 0.4) is 0 Å². The lowest BCUT2D eigenvalue weighted by Crippen LogP contribution is -2.51. The van der Waals surface area contributed by atoms with E-state index in [1.54, 1.807) is 34.1 Å². The zero-order valence-electron chi connectivity index (χ0n) is 15.7. The first kappa shape index (κ1) is 19.4. The standard InChI is InChI=1S/C21H22N2O5/c1-16(24)22-11-13-23(14-12-22)20(25)15-27-21(26)17-7-9-19(10-8-17)28-18-5-3-2-4-6-18/h2-10H,11-15H2,1H3. The Labute approximate surface area is 163 Å². The van der Waals surface area contributed by atoms with Gasteiger partial charge in [-0.3, -0.25) is 9.59 Å². The molecule has 1 aliphatic heterocycles. The number of benzene rings is 2. The highest BCUT2D eigenvalue weighted by molar-refractivity contribution is 5.91. The van der Waals surface area contributed by atoms with Gasteiger partial charge >= 0.3 is 5.97 Å². The first-order chi connectivity index (χ1) is 13.5. The van der Waals surface area contributed by atoms with Gasteiger partial charge in [-0.05, 0) is 36.4 Å². The fourth-order valence-corrected chi connectivity index (χ4v) is 2.86. The van der Waals surface area contributed by atoms with Crippen molar-refractivity contribution in [1.82, 2.24) is 9.80 Å². The highest BCUT2D eigenvalue weighted by atomic mass is 16.5. The lowest BCUT2D eigenvalue weighted by atomic mass is 10.2. The number of nitrogens with zero attached hydrogens (tertiary/aromatic N) is 2. The number of esters is 1. The molecule has 1 saturated heterocycles. The number of amides is 2. The van der Waals surface area contributed by atoms with Crippen molar-refractivity contribution in [2.75, 3.05) is 32.8 Å². The minimum absolute atomic E-state index is 0.00165. The van der Waals surface area contributed by atoms with Gasteiger partial charge in [0.15, 0.2) is 6.61 Å². The third kappa shape index (κ3) is 5.09. The fraction of sp³-hybridized carbons (Fsp3) is 0.286. The third-order valence-electron chi connectivity index (χ3n) is 4.47. The monoisotopic (exact) mass is 382 g/mol. The van der Waals surface area contributed by atoms with Crippen LogP contribution in [-0.4, -0.2) is 60.4 Å². The smallest absolute Gasteiger partial charge is 0.338 e. The number of carbonyl (C=O) groups excluding carboxylic acids is 3. The molecule has 1 aliphatic rings. The van der Waals surface area contributed by atoms with Crippen LogP contribution in [0.5, 0.6) is 11.5 Å². The number of carbonyl (C=O) groups is 3. The molecule has 0 spiro atoms. The minimum Gasteiger partial charge on any atom is -0.457 e. The second-order valence-electron chi connectivity index (χ2n) is 6.40. The molecule has 3 rings (SSSR count). The van der Waals surface area contributed by atoms with Crippen molar-refractivity contribution in [3.05, 3.63) is 60.2 Å². The lowest BCUT2D eigenvalue weighted by Gasteiger charge is -2.34. The highest BCUT2D eigenvalue weighted by Gasteiger charge is 2.23. The van der Waals surface area contributed by atoms with E-state index >= 15 is 0 Å². The summed E-state index contributed by atoms with van der Waals surface area (Å²) < 4.78 is 10.8. The zero-order chi connectivity index (χ0) is 19.9. The van der Waals surface area contributed by atoms with Gasteiger partial charge in [0, 0.05) is 33.1 Å². The normalized spacial score (nSPS) is 13.8. The van der Waals surface area contributed by atoms with E-state index in [0.717, 1.165) is 0 Å². The maximum absolute atomic E-state index is 12.2. The van der Waals surface area contributed by atoms with E-state index in [1.165, 1.54) is 6.92 Å². The van der Waals surface area contributed by atoms with Crippen LogP contribution < -0.4 is 4.74 Å². The zero-order valence-corrected chi connectivity index (χ0v) is 15.7. The molecule has 7 heteroatoms. The van der Waals surface area contributed by atoms with Gasteiger partial charge in [0.25, 0.3) is 5.91 Å². The van der Waals surface area contributed by atoms with E-state index in [1.807, 2.05) is 30.3 Å². The van der Waals surface area contributed by atoms with Crippen LogP contribution in [0, 0.1) is 0 Å². The van der Waals surface area contributed by atoms with E-state index in [0.29, 0.717) is 43.2 Å². The van der Waals surface area contributed by atoms with Crippen LogP contribution in [0.2, 0.25) is 0 Å². The molecule has 0 aromatic heterocycles. The van der Waals surface area contributed by atoms with Gasteiger partial charge in [0.2, 0.25) is 5.91 Å². The number of hydrogen-bond acceptors (Lipinski definition) is 5. The second-order valence-corrected chi connectivity index (χ2v) is 6.40. The topological polar surface area (TPSA) is 76.2 Å². The molecule has 1 fully saturated rings. The molecule has 0 radical (unpaired) electrons. The number of ether oxygens (including phenoxy) is 2. The average molecular weight is 382 g/mol. The van der Waals surface area contributed by atoms with Gasteiger partial charge < -0.3 is 19.3 Å². The first-order valence-electron chi connectivity index (χ1n) is 9.06. The van der Waals surface area contributed by atoms with Crippen LogP contribution in [0.1, 0.15) is 17.3 Å². The Hall–Kier alpha value is -3.35. The SMILES string of the molecule is CC(=O)N1CCN(C(=O)COC(=O)c2ccc(Oc3ccccc3)cc2)CC1. The summed E-state index contributed by atoms with van der Waals surface area (Å²) in [7, 11) is 0. The second kappa shape index (κ2) is 9.03. The summed E-state index contributed by atoms with van der Waals surface area (Å²) in [4.78, 5) is 39.0. The predicted octanol–water partition coefficient (Wildman–Crippen LogP) is 2.33. The van der Waals surface area contributed by atoms with Crippen molar-refractivity contribution in [2.45, 2.75) is 6.92 Å². The Morgan fingerprint density at radius 1 is 0.821 bits per heavy atom. The average Bonchev–Trinajstić information content (AvgIpc) is 2.73. The van der Waals surface area contributed by atoms with Crippen LogP contribution in [0.25, 0.3) is 0 Å². The van der Waals surface area contributed by atoms with Crippen LogP contribution in [-0.2, 0) is 14.3 Å². The van der Waals surface area contributed by atoms with E-state index in [-0.39, 0.29) is 18.4 Å². The summed E-state index contributed by atoms with van der Waals surface area (Å²) in [5.41, 5.74) is 0.342. The summed E-state index contributed by atoms with van der Waals surface area (Å²) in [5, 5.41) is 0. The molecule has 0 N–H and O–H groups in total. The van der Waals surface area contributed by atoms with Crippen molar-refractivity contribution in [2.24, 2.45) is 0 Å². The Bertz CT molecular complexity index is 828.